The monoisotopic (exact) mass is 764 g/mol. The van der Waals surface area contributed by atoms with Crippen LogP contribution in [0.3, 0.4) is 0 Å². The molecule has 2 saturated heterocycles. The van der Waals surface area contributed by atoms with Crippen molar-refractivity contribution in [2.24, 2.45) is 39.9 Å². The molecule has 4 saturated carbocycles. The van der Waals surface area contributed by atoms with E-state index in [1.807, 2.05) is 34.6 Å². The maximum atomic E-state index is 15.0. The van der Waals surface area contributed by atoms with Crippen LogP contribution in [0.1, 0.15) is 125 Å². The van der Waals surface area contributed by atoms with Gasteiger partial charge in [-0.25, -0.2) is 4.79 Å². The second-order valence-electron chi connectivity index (χ2n) is 19.5. The molecule has 0 aromatic carbocycles. The molecule has 6 rings (SSSR count). The number of amides is 7. The molecule has 13 nitrogen and oxygen atoms in total. The number of nitrogens with one attached hydrogen (secondary N) is 4. The Labute approximate surface area is 326 Å². The van der Waals surface area contributed by atoms with Crippen LogP contribution in [0.2, 0.25) is 0 Å². The number of likely N-dealkylation sites (tertiary alicyclic amines) is 2. The number of Topliss-reactive ketones (excluding diaryl/α,β-unsaturated/α-hetero) is 1. The molecule has 304 valence electrons. The molecule has 1 spiro atoms. The van der Waals surface area contributed by atoms with Gasteiger partial charge in [-0.05, 0) is 84.9 Å². The van der Waals surface area contributed by atoms with Gasteiger partial charge in [0, 0.05) is 32.5 Å². The van der Waals surface area contributed by atoms with E-state index in [0.717, 1.165) is 70.6 Å². The fraction of sp³-hybridized carbons (Fsp3) is 0.786. The Hall–Kier alpha value is -3.77. The minimum absolute atomic E-state index is 0.0267. The Kier molecular flexibility index (Phi) is 11.9. The average Bonchev–Trinajstić information content (AvgIpc) is 4.03. The van der Waals surface area contributed by atoms with Gasteiger partial charge in [0.1, 0.15) is 12.1 Å². The lowest BCUT2D eigenvalue weighted by molar-refractivity contribution is -0.153. The van der Waals surface area contributed by atoms with E-state index < -0.39 is 58.6 Å². The Bertz CT molecular complexity index is 1530. The summed E-state index contributed by atoms with van der Waals surface area (Å²) in [5.41, 5.74) is -0.827. The van der Waals surface area contributed by atoms with Gasteiger partial charge < -0.3 is 26.2 Å². The first-order chi connectivity index (χ1) is 25.9. The predicted octanol–water partition coefficient (Wildman–Crippen LogP) is 4.00. The maximum absolute atomic E-state index is 15.0. The highest BCUT2D eigenvalue weighted by Gasteiger charge is 2.64. The fourth-order valence-corrected chi connectivity index (χ4v) is 9.99. The Morgan fingerprint density at radius 1 is 0.891 bits per heavy atom. The lowest BCUT2D eigenvalue weighted by Gasteiger charge is -2.40. The normalized spacial score (nSPS) is 27.5. The van der Waals surface area contributed by atoms with Crippen LogP contribution in [-0.4, -0.2) is 95.0 Å². The first kappa shape index (κ1) is 40.9. The van der Waals surface area contributed by atoms with Crippen LogP contribution >= 0.6 is 0 Å². The third-order valence-corrected chi connectivity index (χ3v) is 13.6. The number of carbonyl (C=O) groups excluding carboxylic acids is 7. The second kappa shape index (κ2) is 16.0. The predicted molar refractivity (Wildman–Crippen MR) is 206 cm³/mol. The molecule has 6 atom stereocenters. The highest BCUT2D eigenvalue weighted by molar-refractivity contribution is 6.38. The number of ketones is 1. The maximum Gasteiger partial charge on any atom is 0.315 e. The molecule has 2 aliphatic heterocycles. The van der Waals surface area contributed by atoms with E-state index in [9.17, 15) is 28.8 Å². The van der Waals surface area contributed by atoms with Crippen LogP contribution in [0.15, 0.2) is 12.7 Å². The van der Waals surface area contributed by atoms with Gasteiger partial charge in [0.25, 0.3) is 5.91 Å². The molecule has 6 aliphatic rings. The Morgan fingerprint density at radius 2 is 1.55 bits per heavy atom. The van der Waals surface area contributed by atoms with E-state index >= 15 is 4.79 Å². The highest BCUT2D eigenvalue weighted by Crippen LogP contribution is 2.66. The molecule has 6 fully saturated rings. The molecule has 0 bridgehead atoms. The molecule has 0 radical (unpaired) electrons. The number of piperidine rings is 1. The molecular weight excluding hydrogens is 700 g/mol. The third-order valence-electron chi connectivity index (χ3n) is 13.6. The molecule has 2 heterocycles. The first-order valence-electron chi connectivity index (χ1n) is 20.9. The zero-order valence-corrected chi connectivity index (χ0v) is 33.7. The van der Waals surface area contributed by atoms with Crippen LogP contribution in [-0.2, 0) is 28.8 Å². The molecule has 0 aromatic heterocycles. The van der Waals surface area contributed by atoms with Crippen molar-refractivity contribution in [3.8, 4) is 0 Å². The molecular formula is C42H64N6O7. The molecule has 13 heteroatoms. The van der Waals surface area contributed by atoms with Crippen LogP contribution < -0.4 is 21.3 Å². The minimum Gasteiger partial charge on any atom is -0.346 e. The van der Waals surface area contributed by atoms with E-state index in [1.165, 1.54) is 11.0 Å². The largest absolute Gasteiger partial charge is 0.346 e. The van der Waals surface area contributed by atoms with E-state index in [1.54, 1.807) is 4.90 Å². The van der Waals surface area contributed by atoms with Gasteiger partial charge in [-0.1, -0.05) is 72.8 Å². The standard InChI is InChI=1S/C42H64N6O7/c1-7-19-43-37(53)35(51)29(20-25-13-14-25)44-36(52)34-27-15-16-42(17-18-42)28(27)23-48(34)38(54)33(26-11-9-8-10-12-26)46-39(55)45-30(40(2,3)4)24-47-31(49)21-41(5,6)22-32(47)50/h7,25-30,33-34H,1,8-24H2,2-6H3,(H,43,53)(H,44,52)(H2,45,46,55)/t27-,28-,29?,30?,33-,34-/m0/s1. The zero-order valence-electron chi connectivity index (χ0n) is 33.7. The van der Waals surface area contributed by atoms with Gasteiger partial charge in [-0.2, -0.15) is 0 Å². The summed E-state index contributed by atoms with van der Waals surface area (Å²) in [4.78, 5) is 98.8. The van der Waals surface area contributed by atoms with Crippen LogP contribution in [0.4, 0.5) is 4.79 Å². The van der Waals surface area contributed by atoms with Gasteiger partial charge >= 0.3 is 6.03 Å². The summed E-state index contributed by atoms with van der Waals surface area (Å²) in [6, 6.07) is -3.84. The van der Waals surface area contributed by atoms with E-state index in [4.69, 9.17) is 0 Å². The van der Waals surface area contributed by atoms with Gasteiger partial charge in [0.2, 0.25) is 29.4 Å². The summed E-state index contributed by atoms with van der Waals surface area (Å²) in [5, 5.41) is 11.6. The van der Waals surface area contributed by atoms with Crippen LogP contribution in [0, 0.1) is 39.9 Å². The van der Waals surface area contributed by atoms with Crippen molar-refractivity contribution in [2.45, 2.75) is 149 Å². The number of rotatable bonds is 14. The van der Waals surface area contributed by atoms with Crippen molar-refractivity contribution in [3.05, 3.63) is 12.7 Å². The SMILES string of the molecule is C=CCNC(=O)C(=O)C(CC1CC1)NC(=O)[C@@H]1[C@H]2CCC3(CC3)[C@H]2CN1C(=O)[C@@H](NC(=O)NC(CN1C(=O)CC(C)(C)CC1=O)C(C)(C)C)C1CCCCC1. The number of imide groups is 1. The molecule has 4 aliphatic carbocycles. The summed E-state index contributed by atoms with van der Waals surface area (Å²) in [6.07, 6.45) is 12.6. The van der Waals surface area contributed by atoms with E-state index in [0.29, 0.717) is 13.0 Å². The number of hydrogen-bond donors (Lipinski definition) is 4. The topological polar surface area (TPSA) is 174 Å². The van der Waals surface area contributed by atoms with Crippen molar-refractivity contribution >= 4 is 41.4 Å². The van der Waals surface area contributed by atoms with Gasteiger partial charge in [-0.15, -0.1) is 6.58 Å². The number of carbonyl (C=O) groups is 7. The van der Waals surface area contributed by atoms with Crippen molar-refractivity contribution in [3.63, 3.8) is 0 Å². The lowest BCUT2D eigenvalue weighted by Crippen LogP contribution is -2.62. The number of fused-ring (bicyclic) bond motifs is 2. The molecule has 2 unspecified atom stereocenters. The number of nitrogens with zero attached hydrogens (tertiary/aromatic N) is 2. The smallest absolute Gasteiger partial charge is 0.315 e. The Morgan fingerprint density at radius 3 is 2.13 bits per heavy atom. The highest BCUT2D eigenvalue weighted by atomic mass is 16.2. The summed E-state index contributed by atoms with van der Waals surface area (Å²) in [7, 11) is 0. The quantitative estimate of drug-likeness (QED) is 0.118. The zero-order chi connectivity index (χ0) is 39.9. The van der Waals surface area contributed by atoms with Gasteiger partial charge in [0.15, 0.2) is 0 Å². The second-order valence-corrected chi connectivity index (χ2v) is 19.5. The summed E-state index contributed by atoms with van der Waals surface area (Å²) in [5.74, 6) is -2.49. The van der Waals surface area contributed by atoms with Crippen molar-refractivity contribution in [1.29, 1.82) is 0 Å². The number of urea groups is 1. The summed E-state index contributed by atoms with van der Waals surface area (Å²) < 4.78 is 0. The minimum atomic E-state index is -0.991. The molecule has 0 aromatic rings. The van der Waals surface area contributed by atoms with Gasteiger partial charge in [-0.3, -0.25) is 33.7 Å². The van der Waals surface area contributed by atoms with Crippen LogP contribution in [0.25, 0.3) is 0 Å². The van der Waals surface area contributed by atoms with E-state index in [2.05, 4.69) is 27.8 Å². The molecule has 55 heavy (non-hydrogen) atoms. The van der Waals surface area contributed by atoms with Crippen molar-refractivity contribution in [2.75, 3.05) is 19.6 Å². The molecule has 7 amide bonds. The van der Waals surface area contributed by atoms with Crippen molar-refractivity contribution in [1.82, 2.24) is 31.1 Å². The average molecular weight is 765 g/mol. The Balaban J connectivity index is 1.22. The lowest BCUT2D eigenvalue weighted by atomic mass is 9.80. The fourth-order valence-electron chi connectivity index (χ4n) is 9.99. The van der Waals surface area contributed by atoms with Crippen LogP contribution in [0.5, 0.6) is 0 Å². The third kappa shape index (κ3) is 9.28. The van der Waals surface area contributed by atoms with Crippen molar-refractivity contribution < 1.29 is 33.6 Å². The summed E-state index contributed by atoms with van der Waals surface area (Å²) in [6.45, 7) is 13.8. The number of hydrogen-bond acceptors (Lipinski definition) is 7. The van der Waals surface area contributed by atoms with Gasteiger partial charge in [0.05, 0.1) is 12.1 Å². The van der Waals surface area contributed by atoms with E-state index in [-0.39, 0.29) is 72.7 Å². The summed E-state index contributed by atoms with van der Waals surface area (Å²) >= 11 is 0. The molecule has 4 N–H and O–H groups in total. The first-order valence-corrected chi connectivity index (χ1v) is 20.9.